The maximum absolute atomic E-state index is 2.52. The summed E-state index contributed by atoms with van der Waals surface area (Å²) >= 11 is 0. The van der Waals surface area contributed by atoms with E-state index in [-0.39, 0.29) is 5.41 Å². The molecule has 18 rings (SSSR count). The Bertz CT molecular complexity index is 5040. The van der Waals surface area contributed by atoms with Gasteiger partial charge in [-0.3, -0.25) is 0 Å². The molecule has 0 N–H and O–H groups in total. The molecule has 0 atom stereocenters. The second kappa shape index (κ2) is 20.8. The van der Waals surface area contributed by atoms with E-state index in [2.05, 4.69) is 374 Å². The van der Waals surface area contributed by atoms with Crippen LogP contribution in [-0.2, 0) is 16.2 Å². The Morgan fingerprint density at radius 3 is 1.11 bits per heavy atom. The van der Waals surface area contributed by atoms with Crippen molar-refractivity contribution in [2.24, 2.45) is 0 Å². The highest BCUT2D eigenvalue weighted by Gasteiger charge is 2.48. The number of nitrogens with zero attached hydrogens (tertiary/aromatic N) is 3. The summed E-state index contributed by atoms with van der Waals surface area (Å²) in [7, 11) is 0. The zero-order chi connectivity index (χ0) is 61.1. The molecule has 0 saturated heterocycles. The lowest BCUT2D eigenvalue weighted by atomic mass is 9.67. The van der Waals surface area contributed by atoms with Crippen molar-refractivity contribution in [1.29, 1.82) is 0 Å². The molecule has 0 fully saturated rings. The molecule has 434 valence electrons. The summed E-state index contributed by atoms with van der Waals surface area (Å²) < 4.78 is 2.52. The van der Waals surface area contributed by atoms with Crippen LogP contribution in [0.1, 0.15) is 69.5 Å². The Balaban J connectivity index is 0.929. The van der Waals surface area contributed by atoms with Crippen LogP contribution in [0.2, 0.25) is 0 Å². The number of hydrogen-bond acceptors (Lipinski definition) is 2. The Morgan fingerprint density at radius 1 is 0.250 bits per heavy atom. The van der Waals surface area contributed by atoms with Gasteiger partial charge in [0.1, 0.15) is 0 Å². The maximum Gasteiger partial charge on any atom is 0.0714 e. The number of para-hydroxylation sites is 4. The first-order valence-electron chi connectivity index (χ1n) is 32.1. The van der Waals surface area contributed by atoms with E-state index in [9.17, 15) is 0 Å². The van der Waals surface area contributed by atoms with Gasteiger partial charge in [-0.25, -0.2) is 0 Å². The van der Waals surface area contributed by atoms with Gasteiger partial charge in [-0.1, -0.05) is 269 Å². The minimum atomic E-state index is -0.604. The molecule has 1 aromatic heterocycles. The van der Waals surface area contributed by atoms with Gasteiger partial charge in [0.15, 0.2) is 0 Å². The fourth-order valence-electron chi connectivity index (χ4n) is 16.5. The average Bonchev–Trinajstić information content (AvgIpc) is 1.53. The molecule has 3 aliphatic rings. The molecule has 1 aliphatic heterocycles. The van der Waals surface area contributed by atoms with E-state index in [1.807, 2.05) is 0 Å². The molecule has 0 saturated carbocycles. The molecule has 3 nitrogen and oxygen atoms in total. The molecule has 15 aromatic rings. The van der Waals surface area contributed by atoms with Crippen molar-refractivity contribution < 1.29 is 0 Å². The van der Waals surface area contributed by atoms with Crippen molar-refractivity contribution in [3.05, 3.63) is 401 Å². The molecule has 2 aliphatic carbocycles. The zero-order valence-corrected chi connectivity index (χ0v) is 51.3. The maximum atomic E-state index is 2.52. The first-order valence-corrected chi connectivity index (χ1v) is 32.1. The van der Waals surface area contributed by atoms with E-state index in [1.165, 1.54) is 105 Å². The van der Waals surface area contributed by atoms with Crippen LogP contribution < -0.4 is 9.80 Å². The summed E-state index contributed by atoms with van der Waals surface area (Å²) in [5.41, 5.74) is 28.3. The lowest BCUT2D eigenvalue weighted by Crippen LogP contribution is -2.28. The number of anilines is 6. The molecule has 14 aromatic carbocycles. The molecule has 0 unspecified atom stereocenters. The van der Waals surface area contributed by atoms with Crippen molar-refractivity contribution in [3.8, 4) is 39.1 Å². The highest BCUT2D eigenvalue weighted by molar-refractivity contribution is 6.13. The standard InChI is InChI=1S/C89H63N3/c1-87(2)80-46-26-28-48-85(80)92-84-47-27-23-43-76(84)77-55-61(56-83(87)86(77)92)60-53-70(90(66-37-17-7-18-38-66)68-49-51-74-72-41-21-24-44-78(72)88(81(74)58-68,62-29-9-3-10-30-62)63-31-11-4-12-32-63)57-71(54-60)91(67-39-19-8-20-40-67)69-50-52-75-73-42-22-25-45-79(73)89(82(75)59-69,64-33-13-5-14-34-64)65-35-15-6-16-36-65/h3-59H,1-2H3. The van der Waals surface area contributed by atoms with E-state index < -0.39 is 10.8 Å². The first-order chi connectivity index (χ1) is 45.4. The zero-order valence-electron chi connectivity index (χ0n) is 51.3. The summed E-state index contributed by atoms with van der Waals surface area (Å²) in [6, 6.07) is 130. The third-order valence-electron chi connectivity index (χ3n) is 20.4. The van der Waals surface area contributed by atoms with Crippen LogP contribution in [0.4, 0.5) is 34.1 Å². The van der Waals surface area contributed by atoms with Gasteiger partial charge in [0.25, 0.3) is 0 Å². The number of benzene rings is 14. The van der Waals surface area contributed by atoms with Crippen molar-refractivity contribution in [3.63, 3.8) is 0 Å². The van der Waals surface area contributed by atoms with Gasteiger partial charge in [-0.2, -0.15) is 0 Å². The van der Waals surface area contributed by atoms with E-state index in [4.69, 9.17) is 0 Å². The molecule has 92 heavy (non-hydrogen) atoms. The Morgan fingerprint density at radius 2 is 0.630 bits per heavy atom. The summed E-state index contributed by atoms with van der Waals surface area (Å²) in [5.74, 6) is 0. The van der Waals surface area contributed by atoms with E-state index >= 15 is 0 Å². The van der Waals surface area contributed by atoms with Crippen LogP contribution in [0.25, 0.3) is 60.9 Å². The molecule has 0 radical (unpaired) electrons. The van der Waals surface area contributed by atoms with E-state index in [0.29, 0.717) is 0 Å². The number of hydrogen-bond donors (Lipinski definition) is 0. The third kappa shape index (κ3) is 7.75. The topological polar surface area (TPSA) is 11.4 Å². The summed E-state index contributed by atoms with van der Waals surface area (Å²) in [6.07, 6.45) is 0. The molecule has 2 heterocycles. The van der Waals surface area contributed by atoms with Gasteiger partial charge in [0.05, 0.1) is 27.6 Å². The minimum absolute atomic E-state index is 0.320. The van der Waals surface area contributed by atoms with E-state index in [0.717, 1.165) is 45.3 Å². The number of rotatable bonds is 11. The Labute approximate surface area is 537 Å². The fraction of sp³-hybridized carbons (Fsp3) is 0.0562. The monoisotopic (exact) mass is 1170 g/mol. The van der Waals surface area contributed by atoms with Crippen LogP contribution in [0.15, 0.2) is 346 Å². The lowest BCUT2D eigenvalue weighted by molar-refractivity contribution is 0.630. The van der Waals surface area contributed by atoms with Crippen LogP contribution in [-0.4, -0.2) is 4.57 Å². The minimum Gasteiger partial charge on any atom is -0.310 e. The van der Waals surface area contributed by atoms with Crippen LogP contribution in [0.5, 0.6) is 0 Å². The van der Waals surface area contributed by atoms with Crippen LogP contribution >= 0.6 is 0 Å². The van der Waals surface area contributed by atoms with Crippen molar-refractivity contribution in [2.45, 2.75) is 30.1 Å². The predicted octanol–water partition coefficient (Wildman–Crippen LogP) is 22.8. The van der Waals surface area contributed by atoms with Crippen molar-refractivity contribution in [1.82, 2.24) is 4.57 Å². The number of aromatic nitrogens is 1. The second-order valence-electron chi connectivity index (χ2n) is 25.5. The highest BCUT2D eigenvalue weighted by Crippen LogP contribution is 2.60. The SMILES string of the molecule is CC1(C)c2ccccc2-n2c3ccccc3c3cc(-c4cc(N(c5ccccc5)c5ccc6c(c5)C(c5ccccc5)(c5ccccc5)c5ccccc5-6)cc(N(c5ccccc5)c5ccc6c(c5)C(c5ccccc5)(c5ccccc5)c5ccccc5-6)c4)cc1c32. The average molecular weight is 1170 g/mol. The Hall–Kier alpha value is -11.5. The van der Waals surface area contributed by atoms with Crippen molar-refractivity contribution in [2.75, 3.05) is 9.80 Å². The summed E-state index contributed by atoms with van der Waals surface area (Å²) in [6.45, 7) is 4.82. The normalized spacial score (nSPS) is 14.0. The van der Waals surface area contributed by atoms with Gasteiger partial charge in [0.2, 0.25) is 0 Å². The first kappa shape index (κ1) is 53.5. The number of fused-ring (bicyclic) bond motifs is 11. The van der Waals surface area contributed by atoms with Crippen molar-refractivity contribution >= 4 is 55.9 Å². The predicted molar refractivity (Wildman–Crippen MR) is 382 cm³/mol. The molecule has 0 bridgehead atoms. The molecular formula is C89H63N3. The molecule has 3 heteroatoms. The quantitative estimate of drug-likeness (QED) is 0.128. The van der Waals surface area contributed by atoms with Gasteiger partial charge < -0.3 is 14.4 Å². The van der Waals surface area contributed by atoms with Gasteiger partial charge >= 0.3 is 0 Å². The molecular weight excluding hydrogens is 1110 g/mol. The smallest absolute Gasteiger partial charge is 0.0714 e. The Kier molecular flexibility index (Phi) is 12.1. The van der Waals surface area contributed by atoms with Crippen LogP contribution in [0.3, 0.4) is 0 Å². The summed E-state index contributed by atoms with van der Waals surface area (Å²) in [4.78, 5) is 5.01. The third-order valence-corrected chi connectivity index (χ3v) is 20.4. The fourth-order valence-corrected chi connectivity index (χ4v) is 16.5. The largest absolute Gasteiger partial charge is 0.310 e. The molecule has 0 amide bonds. The van der Waals surface area contributed by atoms with Gasteiger partial charge in [-0.15, -0.1) is 0 Å². The van der Waals surface area contributed by atoms with E-state index in [1.54, 1.807) is 0 Å². The highest BCUT2D eigenvalue weighted by atomic mass is 15.2. The lowest BCUT2D eigenvalue weighted by Gasteiger charge is -2.36. The van der Waals surface area contributed by atoms with Crippen LogP contribution in [0, 0.1) is 0 Å². The van der Waals surface area contributed by atoms with Gasteiger partial charge in [0, 0.05) is 50.3 Å². The summed E-state index contributed by atoms with van der Waals surface area (Å²) in [5, 5.41) is 2.49. The van der Waals surface area contributed by atoms with Gasteiger partial charge in [-0.05, 0) is 180 Å². The molecule has 0 spiro atoms. The second-order valence-corrected chi connectivity index (χ2v) is 25.5.